The molecule has 2 aromatic rings. The van der Waals surface area contributed by atoms with Crippen LogP contribution >= 0.6 is 11.6 Å². The van der Waals surface area contributed by atoms with E-state index in [-0.39, 0.29) is 0 Å². The van der Waals surface area contributed by atoms with E-state index in [0.717, 1.165) is 75.1 Å². The summed E-state index contributed by atoms with van der Waals surface area (Å²) in [5.41, 5.74) is 1.72. The van der Waals surface area contributed by atoms with Gasteiger partial charge in [0.05, 0.1) is 26.0 Å². The Kier molecular flexibility index (Phi) is 8.08. The van der Waals surface area contributed by atoms with E-state index >= 15 is 0 Å². The minimum Gasteiger partial charge on any atom is -0.497 e. The van der Waals surface area contributed by atoms with Crippen molar-refractivity contribution in [1.82, 2.24) is 9.88 Å². The van der Waals surface area contributed by atoms with E-state index in [4.69, 9.17) is 26.1 Å². The second kappa shape index (κ2) is 11.0. The number of halogens is 1. The van der Waals surface area contributed by atoms with Gasteiger partial charge in [0.25, 0.3) is 0 Å². The van der Waals surface area contributed by atoms with Crippen molar-refractivity contribution in [2.45, 2.75) is 12.8 Å². The molecule has 1 aliphatic rings. The average Bonchev–Trinajstić information content (AvgIpc) is 2.75. The Hall–Kier alpha value is -2.15. The van der Waals surface area contributed by atoms with Crippen LogP contribution in [0.25, 0.3) is 0 Å². The first-order valence-corrected chi connectivity index (χ1v) is 10.0. The zero-order chi connectivity index (χ0) is 19.6. The first-order chi connectivity index (χ1) is 13.8. The molecule has 1 aromatic heterocycles. The largest absolute Gasteiger partial charge is 0.497 e. The van der Waals surface area contributed by atoms with Crippen molar-refractivity contribution < 1.29 is 9.47 Å². The molecule has 0 amide bonds. The fourth-order valence-electron chi connectivity index (χ4n) is 3.02. The number of nitrogens with zero attached hydrogens (tertiary/aromatic N) is 3. The van der Waals surface area contributed by atoms with Crippen molar-refractivity contribution in [2.24, 2.45) is 4.99 Å². The summed E-state index contributed by atoms with van der Waals surface area (Å²) >= 11 is 6.21. The Labute approximate surface area is 171 Å². The number of morpholine rings is 1. The number of amidine groups is 1. The Balaban J connectivity index is 1.62. The molecule has 0 radical (unpaired) electrons. The average molecular weight is 403 g/mol. The molecule has 1 aliphatic heterocycles. The van der Waals surface area contributed by atoms with Gasteiger partial charge in [-0.3, -0.25) is 9.89 Å². The third kappa shape index (κ3) is 6.19. The predicted octanol–water partition coefficient (Wildman–Crippen LogP) is 3.71. The molecule has 150 valence electrons. The molecule has 2 heterocycles. The van der Waals surface area contributed by atoms with Crippen LogP contribution in [-0.2, 0) is 4.74 Å². The highest BCUT2D eigenvalue weighted by Gasteiger charge is 2.10. The lowest BCUT2D eigenvalue weighted by Crippen LogP contribution is -2.36. The van der Waals surface area contributed by atoms with Gasteiger partial charge in [-0.2, -0.15) is 0 Å². The van der Waals surface area contributed by atoms with E-state index in [9.17, 15) is 0 Å². The molecule has 0 unspecified atom stereocenters. The van der Waals surface area contributed by atoms with Gasteiger partial charge in [-0.05, 0) is 55.8 Å². The van der Waals surface area contributed by atoms with E-state index in [1.165, 1.54) is 0 Å². The quantitative estimate of drug-likeness (QED) is 0.315. The second-order valence-electron chi connectivity index (χ2n) is 6.59. The molecule has 28 heavy (non-hydrogen) atoms. The first kappa shape index (κ1) is 20.6. The summed E-state index contributed by atoms with van der Waals surface area (Å²) in [4.78, 5) is 11.4. The maximum Gasteiger partial charge on any atom is 0.152 e. The number of hydrogen-bond acceptors (Lipinski definition) is 5. The van der Waals surface area contributed by atoms with Gasteiger partial charge in [0.2, 0.25) is 0 Å². The first-order valence-electron chi connectivity index (χ1n) is 9.63. The van der Waals surface area contributed by atoms with Crippen LogP contribution in [0.4, 0.5) is 5.69 Å². The lowest BCUT2D eigenvalue weighted by Gasteiger charge is -2.26. The van der Waals surface area contributed by atoms with Crippen LogP contribution in [0.1, 0.15) is 18.4 Å². The minimum absolute atomic E-state index is 0.427. The van der Waals surface area contributed by atoms with E-state index in [0.29, 0.717) is 5.15 Å². The number of aliphatic imine (C=N–C) groups is 1. The lowest BCUT2D eigenvalue weighted by molar-refractivity contribution is 0.0373. The number of anilines is 1. The third-order valence-electron chi connectivity index (χ3n) is 4.63. The standard InChI is InChI=1S/C21H27ClN4O2/c1-27-18-8-6-17(7-9-18)21(25-19-5-4-11-23-20(19)22)24-10-2-3-12-26-13-15-28-16-14-26/h4-9,11H,2-3,10,12-16H2,1H3,(H,24,25). The monoisotopic (exact) mass is 402 g/mol. The van der Waals surface area contributed by atoms with Gasteiger partial charge in [-0.1, -0.05) is 11.6 Å². The van der Waals surface area contributed by atoms with Crippen LogP contribution < -0.4 is 10.1 Å². The highest BCUT2D eigenvalue weighted by atomic mass is 35.5. The Morgan fingerprint density at radius 3 is 2.71 bits per heavy atom. The molecule has 7 heteroatoms. The topological polar surface area (TPSA) is 59.0 Å². The number of nitrogens with one attached hydrogen (secondary N) is 1. The molecule has 1 saturated heterocycles. The van der Waals surface area contributed by atoms with Crippen molar-refractivity contribution >= 4 is 23.1 Å². The van der Waals surface area contributed by atoms with Gasteiger partial charge < -0.3 is 14.8 Å². The van der Waals surface area contributed by atoms with Crippen LogP contribution in [0.15, 0.2) is 47.6 Å². The van der Waals surface area contributed by atoms with Crippen LogP contribution in [0.2, 0.25) is 5.15 Å². The van der Waals surface area contributed by atoms with Gasteiger partial charge in [-0.15, -0.1) is 0 Å². The number of benzene rings is 1. The molecule has 1 N–H and O–H groups in total. The highest BCUT2D eigenvalue weighted by molar-refractivity contribution is 6.32. The van der Waals surface area contributed by atoms with E-state index in [1.54, 1.807) is 13.3 Å². The van der Waals surface area contributed by atoms with Crippen molar-refractivity contribution in [1.29, 1.82) is 0 Å². The molecule has 1 fully saturated rings. The van der Waals surface area contributed by atoms with Crippen LogP contribution in [0, 0.1) is 0 Å². The molecule has 3 rings (SSSR count). The molecule has 0 bridgehead atoms. The fourth-order valence-corrected chi connectivity index (χ4v) is 3.19. The van der Waals surface area contributed by atoms with Crippen LogP contribution in [0.5, 0.6) is 5.75 Å². The smallest absolute Gasteiger partial charge is 0.152 e. The van der Waals surface area contributed by atoms with Gasteiger partial charge in [0.1, 0.15) is 11.6 Å². The van der Waals surface area contributed by atoms with Gasteiger partial charge in [0.15, 0.2) is 5.15 Å². The maximum absolute atomic E-state index is 6.21. The molecule has 0 spiro atoms. The number of hydrogen-bond donors (Lipinski definition) is 1. The summed E-state index contributed by atoms with van der Waals surface area (Å²) in [7, 11) is 1.66. The van der Waals surface area contributed by atoms with Gasteiger partial charge in [0, 0.05) is 31.4 Å². The summed E-state index contributed by atoms with van der Waals surface area (Å²) in [5, 5.41) is 3.76. The van der Waals surface area contributed by atoms with Crippen LogP contribution in [-0.4, -0.2) is 62.2 Å². The summed E-state index contributed by atoms with van der Waals surface area (Å²) < 4.78 is 10.6. The lowest BCUT2D eigenvalue weighted by atomic mass is 10.2. The number of rotatable bonds is 8. The summed E-state index contributed by atoms with van der Waals surface area (Å²) in [5.74, 6) is 1.59. The van der Waals surface area contributed by atoms with Gasteiger partial charge in [-0.25, -0.2) is 4.98 Å². The zero-order valence-corrected chi connectivity index (χ0v) is 17.0. The zero-order valence-electron chi connectivity index (χ0n) is 16.2. The van der Waals surface area contributed by atoms with Gasteiger partial charge >= 0.3 is 0 Å². The fraction of sp³-hybridized carbons (Fsp3) is 0.429. The SMILES string of the molecule is COc1ccc(C(=NCCCCN2CCOCC2)Nc2cccnc2Cl)cc1. The third-order valence-corrected chi connectivity index (χ3v) is 4.93. The molecule has 0 aliphatic carbocycles. The molecule has 6 nitrogen and oxygen atoms in total. The second-order valence-corrected chi connectivity index (χ2v) is 6.94. The number of ether oxygens (including phenoxy) is 2. The molecule has 1 aromatic carbocycles. The van der Waals surface area contributed by atoms with E-state index in [2.05, 4.69) is 15.2 Å². The van der Waals surface area contributed by atoms with Crippen molar-refractivity contribution in [3.63, 3.8) is 0 Å². The summed E-state index contributed by atoms with van der Waals surface area (Å²) in [6.45, 7) is 5.59. The van der Waals surface area contributed by atoms with E-state index < -0.39 is 0 Å². The normalized spacial score (nSPS) is 15.4. The summed E-state index contributed by atoms with van der Waals surface area (Å²) in [6, 6.07) is 11.6. The van der Waals surface area contributed by atoms with E-state index in [1.807, 2.05) is 36.4 Å². The number of pyridine rings is 1. The number of aromatic nitrogens is 1. The molecule has 0 saturated carbocycles. The van der Waals surface area contributed by atoms with Crippen LogP contribution in [0.3, 0.4) is 0 Å². The number of methoxy groups -OCH3 is 1. The summed E-state index contributed by atoms with van der Waals surface area (Å²) in [6.07, 6.45) is 3.82. The highest BCUT2D eigenvalue weighted by Crippen LogP contribution is 2.20. The Morgan fingerprint density at radius 1 is 1.21 bits per heavy atom. The maximum atomic E-state index is 6.21. The van der Waals surface area contributed by atoms with Crippen molar-refractivity contribution in [3.05, 3.63) is 53.3 Å². The Morgan fingerprint density at radius 2 is 2.00 bits per heavy atom. The molecular weight excluding hydrogens is 376 g/mol. The van der Waals surface area contributed by atoms with Crippen molar-refractivity contribution in [2.75, 3.05) is 51.8 Å². The minimum atomic E-state index is 0.427. The van der Waals surface area contributed by atoms with Crippen molar-refractivity contribution in [3.8, 4) is 5.75 Å². The predicted molar refractivity (Wildman–Crippen MR) is 114 cm³/mol. The molecular formula is C21H27ClN4O2. The number of unbranched alkanes of at least 4 members (excludes halogenated alkanes) is 1. The molecule has 0 atom stereocenters. The Bertz CT molecular complexity index is 761.